The van der Waals surface area contributed by atoms with Gasteiger partial charge in [-0.25, -0.2) is 13.1 Å². The van der Waals surface area contributed by atoms with Crippen LogP contribution in [0.3, 0.4) is 0 Å². The summed E-state index contributed by atoms with van der Waals surface area (Å²) in [6.07, 6.45) is 0.256. The molecule has 5 nitrogen and oxygen atoms in total. The van der Waals surface area contributed by atoms with Gasteiger partial charge in [-0.05, 0) is 19.1 Å². The molecule has 2 rings (SSSR count). The lowest BCUT2D eigenvalue weighted by Crippen LogP contribution is -2.27. The molecule has 17 heavy (non-hydrogen) atoms. The minimum absolute atomic E-state index is 0.275. The van der Waals surface area contributed by atoms with Gasteiger partial charge >= 0.3 is 0 Å². The van der Waals surface area contributed by atoms with Crippen LogP contribution in [0.1, 0.15) is 11.3 Å². The van der Waals surface area contributed by atoms with E-state index in [1.807, 2.05) is 6.92 Å². The summed E-state index contributed by atoms with van der Waals surface area (Å²) in [5.74, 6) is 0. The van der Waals surface area contributed by atoms with Crippen LogP contribution in [0.15, 0.2) is 16.3 Å². The summed E-state index contributed by atoms with van der Waals surface area (Å²) in [5, 5.41) is 0. The fraction of sp³-hybridized carbons (Fsp3) is 0.600. The molecule has 0 atom stereocenters. The molecule has 1 N–H and O–H groups in total. The van der Waals surface area contributed by atoms with Crippen LogP contribution in [-0.4, -0.2) is 34.5 Å². The topological polar surface area (TPSA) is 64.6 Å². The molecule has 0 aliphatic carbocycles. The summed E-state index contributed by atoms with van der Waals surface area (Å²) < 4.78 is 37.0. The Hall–Kier alpha value is -0.470. The average molecular weight is 277 g/mol. The number of aryl methyl sites for hydroxylation is 1. The second-order valence-electron chi connectivity index (χ2n) is 3.72. The summed E-state index contributed by atoms with van der Waals surface area (Å²) in [5.41, 5.74) is 0. The molecular formula is C10H15NO4S2. The van der Waals surface area contributed by atoms with Crippen LogP contribution in [0.2, 0.25) is 0 Å². The first-order chi connectivity index (χ1) is 8.08. The van der Waals surface area contributed by atoms with Gasteiger partial charge in [0.15, 0.2) is 6.29 Å². The summed E-state index contributed by atoms with van der Waals surface area (Å²) in [6.45, 7) is 3.37. The van der Waals surface area contributed by atoms with E-state index in [-0.39, 0.29) is 6.29 Å². The van der Waals surface area contributed by atoms with Crippen molar-refractivity contribution in [1.29, 1.82) is 0 Å². The number of hydrogen-bond donors (Lipinski definition) is 1. The van der Waals surface area contributed by atoms with Gasteiger partial charge in [0.05, 0.1) is 13.2 Å². The van der Waals surface area contributed by atoms with Crippen LogP contribution in [-0.2, 0) is 19.5 Å². The van der Waals surface area contributed by atoms with E-state index in [2.05, 4.69) is 4.72 Å². The zero-order valence-corrected chi connectivity index (χ0v) is 11.1. The highest BCUT2D eigenvalue weighted by Crippen LogP contribution is 2.20. The summed E-state index contributed by atoms with van der Waals surface area (Å²) in [7, 11) is -3.37. The Labute approximate surface area is 105 Å². The van der Waals surface area contributed by atoms with Gasteiger partial charge in [0.1, 0.15) is 4.21 Å². The third-order valence-corrected chi connectivity index (χ3v) is 5.30. The minimum Gasteiger partial charge on any atom is -0.350 e. The van der Waals surface area contributed by atoms with Gasteiger partial charge in [-0.2, -0.15) is 0 Å². The van der Waals surface area contributed by atoms with E-state index < -0.39 is 10.0 Å². The van der Waals surface area contributed by atoms with Crippen LogP contribution in [0, 0.1) is 6.92 Å². The maximum atomic E-state index is 11.8. The van der Waals surface area contributed by atoms with Crippen molar-refractivity contribution in [3.05, 3.63) is 17.0 Å². The van der Waals surface area contributed by atoms with E-state index in [1.165, 1.54) is 11.3 Å². The standard InChI is InChI=1S/C10H15NO4S2/c1-8-2-3-10(16-8)17(12,13)11-5-4-9-14-6-7-15-9/h2-3,9,11H,4-7H2,1H3. The fourth-order valence-corrected chi connectivity index (χ4v) is 3.89. The fourth-order valence-electron chi connectivity index (χ4n) is 1.51. The maximum Gasteiger partial charge on any atom is 0.250 e. The molecular weight excluding hydrogens is 262 g/mol. The molecule has 0 bridgehead atoms. The summed E-state index contributed by atoms with van der Waals surface area (Å²) in [4.78, 5) is 0.979. The molecule has 1 fully saturated rings. The second-order valence-corrected chi connectivity index (χ2v) is 7.00. The summed E-state index contributed by atoms with van der Waals surface area (Å²) in [6, 6.07) is 3.41. The SMILES string of the molecule is Cc1ccc(S(=O)(=O)NCCC2OCCO2)s1. The smallest absolute Gasteiger partial charge is 0.250 e. The Kier molecular flexibility index (Phi) is 4.16. The quantitative estimate of drug-likeness (QED) is 0.875. The van der Waals surface area contributed by atoms with Crippen molar-refractivity contribution in [2.45, 2.75) is 23.8 Å². The van der Waals surface area contributed by atoms with Crippen LogP contribution >= 0.6 is 11.3 Å². The Bertz CT molecular complexity index is 462. The van der Waals surface area contributed by atoms with Gasteiger partial charge in [0.2, 0.25) is 10.0 Å². The van der Waals surface area contributed by atoms with E-state index in [4.69, 9.17) is 9.47 Å². The third-order valence-electron chi connectivity index (χ3n) is 2.34. The maximum absolute atomic E-state index is 11.8. The predicted octanol–water partition coefficient (Wildman–Crippen LogP) is 1.10. The molecule has 0 radical (unpaired) electrons. The molecule has 1 aromatic heterocycles. The number of ether oxygens (including phenoxy) is 2. The van der Waals surface area contributed by atoms with Crippen molar-refractivity contribution in [3.8, 4) is 0 Å². The zero-order chi connectivity index (χ0) is 12.3. The molecule has 0 spiro atoms. The number of thiophene rings is 1. The number of rotatable bonds is 5. The molecule has 7 heteroatoms. The van der Waals surface area contributed by atoms with Gasteiger partial charge in [-0.3, -0.25) is 0 Å². The van der Waals surface area contributed by atoms with Gasteiger partial charge in [-0.1, -0.05) is 0 Å². The van der Waals surface area contributed by atoms with Crippen molar-refractivity contribution in [3.63, 3.8) is 0 Å². The molecule has 0 aromatic carbocycles. The first-order valence-corrected chi connectivity index (χ1v) is 7.67. The molecule has 2 heterocycles. The van der Waals surface area contributed by atoms with Gasteiger partial charge < -0.3 is 9.47 Å². The lowest BCUT2D eigenvalue weighted by atomic mass is 10.4. The predicted molar refractivity (Wildman–Crippen MR) is 64.6 cm³/mol. The van der Waals surface area contributed by atoms with Crippen molar-refractivity contribution in [2.75, 3.05) is 19.8 Å². The Morgan fingerprint density at radius 3 is 2.71 bits per heavy atom. The lowest BCUT2D eigenvalue weighted by molar-refractivity contribution is -0.0451. The molecule has 96 valence electrons. The first-order valence-electron chi connectivity index (χ1n) is 5.37. The van der Waals surface area contributed by atoms with E-state index in [0.717, 1.165) is 4.88 Å². The second kappa shape index (κ2) is 5.45. The van der Waals surface area contributed by atoms with Crippen LogP contribution < -0.4 is 4.72 Å². The highest BCUT2D eigenvalue weighted by Gasteiger charge is 2.19. The third kappa shape index (κ3) is 3.49. The number of nitrogens with one attached hydrogen (secondary N) is 1. The van der Waals surface area contributed by atoms with Crippen molar-refractivity contribution in [2.24, 2.45) is 0 Å². The Balaban J connectivity index is 1.85. The summed E-state index contributed by atoms with van der Waals surface area (Å²) >= 11 is 1.26. The molecule has 0 unspecified atom stereocenters. The van der Waals surface area contributed by atoms with Crippen LogP contribution in [0.5, 0.6) is 0 Å². The highest BCUT2D eigenvalue weighted by molar-refractivity contribution is 7.91. The first kappa shape index (κ1) is 13.0. The van der Waals surface area contributed by atoms with Crippen molar-refractivity contribution in [1.82, 2.24) is 4.72 Å². The number of hydrogen-bond acceptors (Lipinski definition) is 5. The molecule has 1 aliphatic rings. The monoisotopic (exact) mass is 277 g/mol. The average Bonchev–Trinajstić information content (AvgIpc) is 2.89. The largest absolute Gasteiger partial charge is 0.350 e. The van der Waals surface area contributed by atoms with E-state index in [9.17, 15) is 8.42 Å². The molecule has 0 saturated carbocycles. The number of sulfonamides is 1. The van der Waals surface area contributed by atoms with Crippen LogP contribution in [0.4, 0.5) is 0 Å². The zero-order valence-electron chi connectivity index (χ0n) is 9.51. The molecule has 1 aromatic rings. The molecule has 1 aliphatic heterocycles. The van der Waals surface area contributed by atoms with E-state index in [1.54, 1.807) is 12.1 Å². The lowest BCUT2D eigenvalue weighted by Gasteiger charge is -2.09. The van der Waals surface area contributed by atoms with Crippen molar-refractivity contribution < 1.29 is 17.9 Å². The van der Waals surface area contributed by atoms with Crippen LogP contribution in [0.25, 0.3) is 0 Å². The van der Waals surface area contributed by atoms with E-state index in [0.29, 0.717) is 30.4 Å². The minimum atomic E-state index is -3.37. The Morgan fingerprint density at radius 1 is 1.41 bits per heavy atom. The van der Waals surface area contributed by atoms with Gasteiger partial charge in [0, 0.05) is 17.8 Å². The normalized spacial score (nSPS) is 17.7. The van der Waals surface area contributed by atoms with Gasteiger partial charge in [-0.15, -0.1) is 11.3 Å². The Morgan fingerprint density at radius 2 is 2.12 bits per heavy atom. The van der Waals surface area contributed by atoms with E-state index >= 15 is 0 Å². The highest BCUT2D eigenvalue weighted by atomic mass is 32.2. The molecule has 0 amide bonds. The molecule has 1 saturated heterocycles. The van der Waals surface area contributed by atoms with Gasteiger partial charge in [0.25, 0.3) is 0 Å². The van der Waals surface area contributed by atoms with Crippen molar-refractivity contribution >= 4 is 21.4 Å².